The molecule has 2 aliphatic heterocycles. The topological polar surface area (TPSA) is 141 Å². The molecule has 0 saturated carbocycles. The van der Waals surface area contributed by atoms with Crippen molar-refractivity contribution in [3.05, 3.63) is 65.9 Å². The van der Waals surface area contributed by atoms with Crippen molar-refractivity contribution in [3.63, 3.8) is 0 Å². The minimum Gasteiger partial charge on any atom is -0.386 e. The van der Waals surface area contributed by atoms with Crippen LogP contribution in [0.4, 0.5) is 11.5 Å². The summed E-state index contributed by atoms with van der Waals surface area (Å²) in [4.78, 5) is 24.2. The smallest absolute Gasteiger partial charge is 0.386 e. The number of phosphoric acid groups is 1. The SMILES string of the molecule is O=P1(O)OC[C@H]2O[C@@H](n3c(Sc4ccc(Cl)cc4)nc4c(Nc5ccccc5)ncnc43)[C@@H](O)C2O1. The Hall–Kier alpha value is -2.54. The fourth-order valence-corrected chi connectivity index (χ4v) is 6.10. The summed E-state index contributed by atoms with van der Waals surface area (Å²) in [6, 6.07) is 16.7. The molecule has 0 aliphatic carbocycles. The molecule has 2 aromatic heterocycles. The number of halogens is 1. The van der Waals surface area contributed by atoms with E-state index in [1.54, 1.807) is 16.7 Å². The van der Waals surface area contributed by atoms with Crippen LogP contribution in [0.25, 0.3) is 11.2 Å². The molecule has 14 heteroatoms. The number of aliphatic hydroxyl groups excluding tert-OH is 1. The lowest BCUT2D eigenvalue weighted by atomic mass is 10.1. The van der Waals surface area contributed by atoms with Gasteiger partial charge in [0.25, 0.3) is 0 Å². The predicted octanol–water partition coefficient (Wildman–Crippen LogP) is 4.15. The van der Waals surface area contributed by atoms with Gasteiger partial charge in [-0.15, -0.1) is 0 Å². The zero-order valence-electron chi connectivity index (χ0n) is 18.3. The van der Waals surface area contributed by atoms with Crippen molar-refractivity contribution in [3.8, 4) is 0 Å². The third kappa shape index (κ3) is 4.51. The molecule has 186 valence electrons. The highest BCUT2D eigenvalue weighted by Gasteiger charge is 2.53. The minimum atomic E-state index is -4.28. The number of para-hydroxylation sites is 1. The van der Waals surface area contributed by atoms with E-state index in [0.717, 1.165) is 10.6 Å². The first kappa shape index (κ1) is 23.8. The van der Waals surface area contributed by atoms with Crippen molar-refractivity contribution in [2.24, 2.45) is 0 Å². The van der Waals surface area contributed by atoms with Gasteiger partial charge in [0.2, 0.25) is 0 Å². The Bertz CT molecular complexity index is 1460. The summed E-state index contributed by atoms with van der Waals surface area (Å²) in [5.74, 6) is 0.465. The quantitative estimate of drug-likeness (QED) is 0.310. The second kappa shape index (κ2) is 9.40. The van der Waals surface area contributed by atoms with E-state index in [1.807, 2.05) is 42.5 Å². The van der Waals surface area contributed by atoms with E-state index >= 15 is 0 Å². The van der Waals surface area contributed by atoms with Crippen LogP contribution in [0.5, 0.6) is 0 Å². The molecule has 36 heavy (non-hydrogen) atoms. The van der Waals surface area contributed by atoms with Gasteiger partial charge in [-0.1, -0.05) is 41.6 Å². The average Bonchev–Trinajstić information content (AvgIpc) is 3.38. The summed E-state index contributed by atoms with van der Waals surface area (Å²) in [5, 5.41) is 15.4. The minimum absolute atomic E-state index is 0.200. The number of anilines is 2. The molecule has 0 amide bonds. The summed E-state index contributed by atoms with van der Waals surface area (Å²) in [6.07, 6.45) is -2.73. The van der Waals surface area contributed by atoms with E-state index in [4.69, 9.17) is 30.4 Å². The first-order valence-corrected chi connectivity index (χ1v) is 13.5. The highest BCUT2D eigenvalue weighted by Crippen LogP contribution is 2.53. The summed E-state index contributed by atoms with van der Waals surface area (Å²) in [6.45, 7) is -0.200. The van der Waals surface area contributed by atoms with Gasteiger partial charge in [0.15, 0.2) is 28.4 Å². The molecule has 2 unspecified atom stereocenters. The van der Waals surface area contributed by atoms with Crippen LogP contribution in [-0.4, -0.2) is 54.4 Å². The monoisotopic (exact) mass is 547 g/mol. The van der Waals surface area contributed by atoms with E-state index in [0.29, 0.717) is 27.2 Å². The van der Waals surface area contributed by atoms with Crippen LogP contribution in [0.15, 0.2) is 71.0 Å². The fourth-order valence-electron chi connectivity index (χ4n) is 4.10. The van der Waals surface area contributed by atoms with E-state index in [9.17, 15) is 14.6 Å². The van der Waals surface area contributed by atoms with E-state index < -0.39 is 32.4 Å². The Morgan fingerprint density at radius 1 is 1.14 bits per heavy atom. The number of hydrogen-bond donors (Lipinski definition) is 3. The maximum atomic E-state index is 12.0. The molecule has 2 fully saturated rings. The van der Waals surface area contributed by atoms with Gasteiger partial charge in [0, 0.05) is 15.6 Å². The molecule has 5 atom stereocenters. The van der Waals surface area contributed by atoms with Crippen LogP contribution in [0.2, 0.25) is 5.02 Å². The summed E-state index contributed by atoms with van der Waals surface area (Å²) in [5.41, 5.74) is 1.66. The number of aliphatic hydroxyl groups is 1. The molecular weight excluding hydrogens is 529 g/mol. The van der Waals surface area contributed by atoms with Crippen LogP contribution in [0, 0.1) is 0 Å². The number of benzene rings is 2. The van der Waals surface area contributed by atoms with Crippen molar-refractivity contribution < 1.29 is 28.3 Å². The van der Waals surface area contributed by atoms with Crippen molar-refractivity contribution in [1.82, 2.24) is 19.5 Å². The van der Waals surface area contributed by atoms with Gasteiger partial charge in [-0.2, -0.15) is 0 Å². The Balaban J connectivity index is 1.44. The van der Waals surface area contributed by atoms with Crippen molar-refractivity contribution in [1.29, 1.82) is 0 Å². The molecular formula is C22H19ClN5O6PS. The van der Waals surface area contributed by atoms with E-state index in [1.165, 1.54) is 18.1 Å². The largest absolute Gasteiger partial charge is 0.472 e. The van der Waals surface area contributed by atoms with Crippen molar-refractivity contribution in [2.45, 2.75) is 34.6 Å². The van der Waals surface area contributed by atoms with Crippen LogP contribution in [0.3, 0.4) is 0 Å². The van der Waals surface area contributed by atoms with Crippen LogP contribution in [0.1, 0.15) is 6.23 Å². The number of hydrogen-bond acceptors (Lipinski definition) is 10. The summed E-state index contributed by atoms with van der Waals surface area (Å²) in [7, 11) is -4.28. The lowest BCUT2D eigenvalue weighted by Crippen LogP contribution is -2.39. The molecule has 2 saturated heterocycles. The van der Waals surface area contributed by atoms with Crippen LogP contribution in [-0.2, 0) is 18.3 Å². The molecule has 0 bridgehead atoms. The number of nitrogens with zero attached hydrogens (tertiary/aromatic N) is 4. The zero-order chi connectivity index (χ0) is 24.9. The number of ether oxygens (including phenoxy) is 1. The van der Waals surface area contributed by atoms with Crippen molar-refractivity contribution in [2.75, 3.05) is 11.9 Å². The lowest BCUT2D eigenvalue weighted by molar-refractivity contribution is -0.0684. The maximum absolute atomic E-state index is 12.0. The van der Waals surface area contributed by atoms with Gasteiger partial charge in [-0.3, -0.25) is 13.6 Å². The number of nitrogens with one attached hydrogen (secondary N) is 1. The zero-order valence-corrected chi connectivity index (χ0v) is 20.8. The molecule has 3 N–H and O–H groups in total. The number of rotatable bonds is 5. The normalized spacial score (nSPS) is 27.8. The predicted molar refractivity (Wildman–Crippen MR) is 131 cm³/mol. The van der Waals surface area contributed by atoms with Gasteiger partial charge >= 0.3 is 7.82 Å². The lowest BCUT2D eigenvalue weighted by Gasteiger charge is -2.27. The van der Waals surface area contributed by atoms with Crippen molar-refractivity contribution >= 4 is 53.9 Å². The number of imidazole rings is 1. The number of phosphoric ester groups is 1. The third-order valence-corrected chi connectivity index (χ3v) is 7.94. The molecule has 0 radical (unpaired) electrons. The van der Waals surface area contributed by atoms with Crippen LogP contribution >= 0.6 is 31.2 Å². The molecule has 6 rings (SSSR count). The molecule has 0 spiro atoms. The van der Waals surface area contributed by atoms with Gasteiger partial charge in [-0.25, -0.2) is 19.5 Å². The van der Waals surface area contributed by atoms with Gasteiger partial charge < -0.3 is 20.1 Å². The summed E-state index contributed by atoms with van der Waals surface area (Å²) >= 11 is 7.36. The number of aromatic nitrogens is 4. The van der Waals surface area contributed by atoms with Gasteiger partial charge in [-0.05, 0) is 36.4 Å². The highest BCUT2D eigenvalue weighted by molar-refractivity contribution is 7.99. The highest BCUT2D eigenvalue weighted by atomic mass is 35.5. The maximum Gasteiger partial charge on any atom is 0.472 e. The Morgan fingerprint density at radius 2 is 1.92 bits per heavy atom. The third-order valence-electron chi connectivity index (χ3n) is 5.72. The van der Waals surface area contributed by atoms with Gasteiger partial charge in [0.05, 0.1) is 6.61 Å². The Labute approximate surface area is 214 Å². The second-order valence-corrected chi connectivity index (χ2v) is 11.0. The first-order chi connectivity index (χ1) is 17.4. The molecule has 11 nitrogen and oxygen atoms in total. The first-order valence-electron chi connectivity index (χ1n) is 10.9. The average molecular weight is 548 g/mol. The Morgan fingerprint density at radius 3 is 2.69 bits per heavy atom. The second-order valence-electron chi connectivity index (χ2n) is 8.10. The Kier molecular flexibility index (Phi) is 6.22. The van der Waals surface area contributed by atoms with E-state index in [-0.39, 0.29) is 6.61 Å². The molecule has 2 aromatic carbocycles. The molecule has 2 aliphatic rings. The molecule has 4 heterocycles. The van der Waals surface area contributed by atoms with Gasteiger partial charge in [0.1, 0.15) is 24.6 Å². The van der Waals surface area contributed by atoms with Crippen LogP contribution < -0.4 is 5.32 Å². The fraction of sp³-hybridized carbons (Fsp3) is 0.227. The summed E-state index contributed by atoms with van der Waals surface area (Å²) < 4.78 is 29.7. The standard InChI is InChI=1S/C22H19ClN5O6PS/c23-12-6-8-14(9-7-12)36-22-27-16-19(26-13-4-2-1-3-5-13)24-11-25-20(16)28(22)21-17(29)18-15(33-21)10-32-35(30,31)34-18/h1-9,11,15,17-18,21,29H,10H2,(H,30,31)(H,24,25,26)/t15-,17+,18?,21-/m1/s1. The number of fused-ring (bicyclic) bond motifs is 2. The van der Waals surface area contributed by atoms with E-state index in [2.05, 4.69) is 15.3 Å². The molecule has 4 aromatic rings.